The van der Waals surface area contributed by atoms with Crippen molar-refractivity contribution < 1.29 is 9.21 Å². The Morgan fingerprint density at radius 2 is 2.29 bits per heavy atom. The van der Waals surface area contributed by atoms with Crippen molar-refractivity contribution in [2.75, 3.05) is 0 Å². The molecule has 0 spiro atoms. The van der Waals surface area contributed by atoms with E-state index in [0.29, 0.717) is 5.76 Å². The van der Waals surface area contributed by atoms with Gasteiger partial charge in [-0.05, 0) is 26.0 Å². The van der Waals surface area contributed by atoms with Crippen LogP contribution in [0.25, 0.3) is 0 Å². The summed E-state index contributed by atoms with van der Waals surface area (Å²) in [5.41, 5.74) is -0.302. The predicted molar refractivity (Wildman–Crippen MR) is 58.6 cm³/mol. The summed E-state index contributed by atoms with van der Waals surface area (Å²) in [5.74, 6) is 0.150. The van der Waals surface area contributed by atoms with Crippen LogP contribution in [-0.4, -0.2) is 16.3 Å². The molecule has 0 aliphatic heterocycles. The van der Waals surface area contributed by atoms with Gasteiger partial charge in [-0.2, -0.15) is 0 Å². The van der Waals surface area contributed by atoms with Crippen LogP contribution < -0.4 is 5.32 Å². The lowest BCUT2D eigenvalue weighted by atomic mass is 10.0. The molecule has 1 atom stereocenters. The van der Waals surface area contributed by atoms with Gasteiger partial charge in [-0.3, -0.25) is 4.79 Å². The van der Waals surface area contributed by atoms with Crippen molar-refractivity contribution in [2.24, 2.45) is 0 Å². The summed E-state index contributed by atoms with van der Waals surface area (Å²) in [6.07, 6.45) is 1.49. The van der Waals surface area contributed by atoms with Crippen LogP contribution in [0.5, 0.6) is 0 Å². The van der Waals surface area contributed by atoms with Gasteiger partial charge in [0.15, 0.2) is 5.76 Å². The van der Waals surface area contributed by atoms with E-state index in [1.165, 1.54) is 6.26 Å². The number of rotatable bonds is 3. The van der Waals surface area contributed by atoms with E-state index in [1.807, 2.05) is 20.8 Å². The monoisotopic (exact) mass is 259 g/mol. The number of carbonyl (C=O) groups excluding carboxylic acids is 1. The number of carbonyl (C=O) groups is 1. The van der Waals surface area contributed by atoms with Crippen LogP contribution in [0, 0.1) is 0 Å². The highest BCUT2D eigenvalue weighted by molar-refractivity contribution is 9.09. The third-order valence-corrected chi connectivity index (χ3v) is 3.32. The SMILES string of the molecule is CC(Br)C(C)(C)NC(=O)c1ccco1. The van der Waals surface area contributed by atoms with E-state index < -0.39 is 0 Å². The Labute approximate surface area is 92.0 Å². The minimum absolute atomic E-state index is 0.189. The number of furan rings is 1. The lowest BCUT2D eigenvalue weighted by molar-refractivity contribution is 0.0885. The first-order valence-corrected chi connectivity index (χ1v) is 5.35. The second-order valence-corrected chi connectivity index (χ2v) is 5.14. The topological polar surface area (TPSA) is 42.2 Å². The van der Waals surface area contributed by atoms with Crippen LogP contribution in [0.3, 0.4) is 0 Å². The van der Waals surface area contributed by atoms with E-state index in [4.69, 9.17) is 4.42 Å². The summed E-state index contributed by atoms with van der Waals surface area (Å²) in [7, 11) is 0. The summed E-state index contributed by atoms with van der Waals surface area (Å²) >= 11 is 3.44. The van der Waals surface area contributed by atoms with Gasteiger partial charge >= 0.3 is 0 Å². The third kappa shape index (κ3) is 2.61. The van der Waals surface area contributed by atoms with E-state index in [-0.39, 0.29) is 16.3 Å². The predicted octanol–water partition coefficient (Wildman–Crippen LogP) is 2.57. The first-order valence-electron chi connectivity index (χ1n) is 4.43. The van der Waals surface area contributed by atoms with Crippen molar-refractivity contribution in [3.05, 3.63) is 24.2 Å². The van der Waals surface area contributed by atoms with Crippen molar-refractivity contribution in [2.45, 2.75) is 31.1 Å². The van der Waals surface area contributed by atoms with E-state index in [1.54, 1.807) is 12.1 Å². The Morgan fingerprint density at radius 3 is 2.71 bits per heavy atom. The molecule has 3 nitrogen and oxygen atoms in total. The summed E-state index contributed by atoms with van der Waals surface area (Å²) in [6.45, 7) is 5.89. The molecule has 0 aromatic carbocycles. The van der Waals surface area contributed by atoms with Crippen molar-refractivity contribution in [3.63, 3.8) is 0 Å². The number of hydrogen-bond acceptors (Lipinski definition) is 2. The number of amides is 1. The molecule has 1 heterocycles. The fourth-order valence-corrected chi connectivity index (χ4v) is 0.976. The van der Waals surface area contributed by atoms with Crippen molar-refractivity contribution in [1.29, 1.82) is 0 Å². The smallest absolute Gasteiger partial charge is 0.287 e. The third-order valence-electron chi connectivity index (χ3n) is 2.18. The Kier molecular flexibility index (Phi) is 3.37. The first kappa shape index (κ1) is 11.3. The van der Waals surface area contributed by atoms with Crippen LogP contribution in [0.15, 0.2) is 22.8 Å². The molecule has 4 heteroatoms. The van der Waals surface area contributed by atoms with Crippen LogP contribution in [-0.2, 0) is 0 Å². The van der Waals surface area contributed by atoms with E-state index in [9.17, 15) is 4.79 Å². The molecular formula is C10H14BrNO2. The van der Waals surface area contributed by atoms with Crippen LogP contribution in [0.2, 0.25) is 0 Å². The Hall–Kier alpha value is -0.770. The molecule has 1 amide bonds. The van der Waals surface area contributed by atoms with Crippen LogP contribution >= 0.6 is 15.9 Å². The normalized spacial score (nSPS) is 13.7. The molecule has 1 N–H and O–H groups in total. The van der Waals surface area contributed by atoms with Gasteiger partial charge in [-0.1, -0.05) is 22.9 Å². The largest absolute Gasteiger partial charge is 0.459 e. The first-order chi connectivity index (χ1) is 6.43. The van der Waals surface area contributed by atoms with Crippen LogP contribution in [0.4, 0.5) is 0 Å². The van der Waals surface area contributed by atoms with E-state index in [2.05, 4.69) is 21.2 Å². The van der Waals surface area contributed by atoms with Crippen molar-refractivity contribution >= 4 is 21.8 Å². The Balaban J connectivity index is 2.66. The quantitative estimate of drug-likeness (QED) is 0.848. The second-order valence-electron chi connectivity index (χ2n) is 3.77. The summed E-state index contributed by atoms with van der Waals surface area (Å²) in [4.78, 5) is 11.8. The van der Waals surface area contributed by atoms with Gasteiger partial charge in [0, 0.05) is 10.4 Å². The summed E-state index contributed by atoms with van der Waals surface area (Å²) in [6, 6.07) is 3.34. The van der Waals surface area contributed by atoms with Gasteiger partial charge in [0.05, 0.1) is 6.26 Å². The van der Waals surface area contributed by atoms with Crippen molar-refractivity contribution in [3.8, 4) is 0 Å². The number of hydrogen-bond donors (Lipinski definition) is 1. The van der Waals surface area contributed by atoms with Gasteiger partial charge in [0.25, 0.3) is 5.91 Å². The molecule has 14 heavy (non-hydrogen) atoms. The highest BCUT2D eigenvalue weighted by atomic mass is 79.9. The van der Waals surface area contributed by atoms with Crippen molar-refractivity contribution in [1.82, 2.24) is 5.32 Å². The zero-order valence-corrected chi connectivity index (χ0v) is 10.1. The van der Waals surface area contributed by atoms with E-state index in [0.717, 1.165) is 0 Å². The standard InChI is InChI=1S/C10H14BrNO2/c1-7(11)10(2,3)12-9(13)8-5-4-6-14-8/h4-7H,1-3H3,(H,12,13). The molecular weight excluding hydrogens is 246 g/mol. The fourth-order valence-electron chi connectivity index (χ4n) is 0.861. The molecule has 1 unspecified atom stereocenters. The molecule has 1 rings (SSSR count). The zero-order valence-electron chi connectivity index (χ0n) is 8.50. The van der Waals surface area contributed by atoms with Gasteiger partial charge in [0.2, 0.25) is 0 Å². The van der Waals surface area contributed by atoms with Crippen LogP contribution in [0.1, 0.15) is 31.3 Å². The molecule has 1 aromatic heterocycles. The zero-order chi connectivity index (χ0) is 10.8. The fraction of sp³-hybridized carbons (Fsp3) is 0.500. The average Bonchev–Trinajstić information content (AvgIpc) is 2.54. The minimum Gasteiger partial charge on any atom is -0.459 e. The second kappa shape index (κ2) is 4.17. The van der Waals surface area contributed by atoms with Gasteiger partial charge in [-0.25, -0.2) is 0 Å². The minimum atomic E-state index is -0.302. The molecule has 0 aliphatic carbocycles. The lowest BCUT2D eigenvalue weighted by Gasteiger charge is -2.28. The lowest BCUT2D eigenvalue weighted by Crippen LogP contribution is -2.48. The van der Waals surface area contributed by atoms with E-state index >= 15 is 0 Å². The van der Waals surface area contributed by atoms with Gasteiger partial charge < -0.3 is 9.73 Å². The molecule has 0 aliphatic rings. The summed E-state index contributed by atoms with van der Waals surface area (Å²) < 4.78 is 4.99. The maximum absolute atomic E-state index is 11.6. The Bertz CT molecular complexity index is 304. The Morgan fingerprint density at radius 1 is 1.64 bits per heavy atom. The maximum atomic E-state index is 11.6. The maximum Gasteiger partial charge on any atom is 0.287 e. The molecule has 0 fully saturated rings. The number of alkyl halides is 1. The molecule has 0 saturated heterocycles. The molecule has 1 aromatic rings. The molecule has 78 valence electrons. The van der Waals surface area contributed by atoms with Gasteiger partial charge in [-0.15, -0.1) is 0 Å². The van der Waals surface area contributed by atoms with Gasteiger partial charge in [0.1, 0.15) is 0 Å². The average molecular weight is 260 g/mol. The highest BCUT2D eigenvalue weighted by Gasteiger charge is 2.26. The molecule has 0 radical (unpaired) electrons. The highest BCUT2D eigenvalue weighted by Crippen LogP contribution is 2.17. The molecule has 0 bridgehead atoms. The summed E-state index contributed by atoms with van der Waals surface area (Å²) in [5, 5.41) is 2.88. The number of halogens is 1. The number of nitrogens with one attached hydrogen (secondary N) is 1. The molecule has 0 saturated carbocycles.